The van der Waals surface area contributed by atoms with Crippen LogP contribution in [-0.4, -0.2) is 57.6 Å². The average molecular weight is 597 g/mol. The Bertz CT molecular complexity index is 1800. The molecule has 1 aliphatic heterocycles. The van der Waals surface area contributed by atoms with E-state index in [1.165, 1.54) is 0 Å². The highest BCUT2D eigenvalue weighted by Gasteiger charge is 2.30. The molecule has 0 spiro atoms. The number of benzene rings is 3. The lowest BCUT2D eigenvalue weighted by molar-refractivity contribution is 0.136. The maximum absolute atomic E-state index is 13.5. The summed E-state index contributed by atoms with van der Waals surface area (Å²) in [7, 11) is 3.26. The minimum Gasteiger partial charge on any atom is -0.493 e. The molecule has 228 valence electrons. The largest absolute Gasteiger partial charge is 0.493 e. The van der Waals surface area contributed by atoms with E-state index in [1.54, 1.807) is 14.2 Å². The number of tetrazole rings is 1. The summed E-state index contributed by atoms with van der Waals surface area (Å²) in [5.74, 6) is 3.53. The highest BCUT2D eigenvalue weighted by atomic mass is 16.7. The standard InChI is InChI=1S/C33H36N6O5/c1-21(2)31(32-35-36-37-39(32)18-23-8-6-5-7-9-23)38(13-12-22-10-11-27(41-3)28(14-22)42-4)19-25-15-24-16-29-30(44-20-43-29)17-26(24)34-33(25)40/h5-11,14-17,21,31H,12-13,18-20H2,1-4H3,(H,34,40). The van der Waals surface area contributed by atoms with Gasteiger partial charge in [-0.3, -0.25) is 9.69 Å². The number of hydrogen-bond donors (Lipinski definition) is 1. The fraction of sp³-hybridized carbons (Fsp3) is 0.333. The van der Waals surface area contributed by atoms with Gasteiger partial charge >= 0.3 is 0 Å². The SMILES string of the molecule is COc1ccc(CCN(Cc2cc3cc4c(cc3[nH]c2=O)OCO4)C(c2nnnn2Cc2ccccc2)C(C)C)cc1OC. The zero-order chi connectivity index (χ0) is 30.6. The quantitative estimate of drug-likeness (QED) is 0.218. The maximum atomic E-state index is 13.5. The smallest absolute Gasteiger partial charge is 0.252 e. The van der Waals surface area contributed by atoms with Crippen molar-refractivity contribution in [3.8, 4) is 23.0 Å². The van der Waals surface area contributed by atoms with E-state index in [0.29, 0.717) is 60.1 Å². The Morgan fingerprint density at radius 3 is 2.48 bits per heavy atom. The molecule has 6 rings (SSSR count). The third kappa shape index (κ3) is 6.09. The van der Waals surface area contributed by atoms with Gasteiger partial charge in [-0.15, -0.1) is 5.10 Å². The molecule has 1 aliphatic rings. The lowest BCUT2D eigenvalue weighted by Crippen LogP contribution is -2.37. The van der Waals surface area contributed by atoms with Crippen molar-refractivity contribution in [2.75, 3.05) is 27.6 Å². The molecular weight excluding hydrogens is 560 g/mol. The third-order valence-electron chi connectivity index (χ3n) is 7.95. The van der Waals surface area contributed by atoms with Gasteiger partial charge in [-0.2, -0.15) is 0 Å². The number of pyridine rings is 1. The Morgan fingerprint density at radius 2 is 1.73 bits per heavy atom. The molecule has 0 amide bonds. The molecule has 44 heavy (non-hydrogen) atoms. The molecule has 0 saturated heterocycles. The summed E-state index contributed by atoms with van der Waals surface area (Å²) in [6, 6.07) is 21.5. The zero-order valence-electron chi connectivity index (χ0n) is 25.3. The first kappa shape index (κ1) is 29.2. The molecule has 0 aliphatic carbocycles. The molecule has 11 heteroatoms. The summed E-state index contributed by atoms with van der Waals surface area (Å²) in [6.45, 7) is 6.03. The van der Waals surface area contributed by atoms with E-state index < -0.39 is 0 Å². The van der Waals surface area contributed by atoms with Crippen LogP contribution in [0.25, 0.3) is 10.9 Å². The van der Waals surface area contributed by atoms with Crippen molar-refractivity contribution >= 4 is 10.9 Å². The van der Waals surface area contributed by atoms with Crippen LogP contribution in [0.5, 0.6) is 23.0 Å². The van der Waals surface area contributed by atoms with E-state index in [1.807, 2.05) is 59.3 Å². The number of H-pyrrole nitrogens is 1. The Morgan fingerprint density at radius 1 is 0.955 bits per heavy atom. The predicted molar refractivity (Wildman–Crippen MR) is 165 cm³/mol. The second kappa shape index (κ2) is 12.8. The molecule has 0 bridgehead atoms. The van der Waals surface area contributed by atoms with Crippen LogP contribution < -0.4 is 24.5 Å². The van der Waals surface area contributed by atoms with Crippen molar-refractivity contribution in [3.05, 3.63) is 99.6 Å². The number of methoxy groups -OCH3 is 2. The van der Waals surface area contributed by atoms with Crippen molar-refractivity contribution < 1.29 is 18.9 Å². The summed E-state index contributed by atoms with van der Waals surface area (Å²) < 4.78 is 23.9. The average Bonchev–Trinajstić information content (AvgIpc) is 3.68. The van der Waals surface area contributed by atoms with Crippen LogP contribution in [0.1, 0.15) is 42.4 Å². The summed E-state index contributed by atoms with van der Waals surface area (Å²) in [6.07, 6.45) is 0.702. The Kier molecular flexibility index (Phi) is 8.47. The predicted octanol–water partition coefficient (Wildman–Crippen LogP) is 4.75. The van der Waals surface area contributed by atoms with Gasteiger partial charge in [0.2, 0.25) is 6.79 Å². The van der Waals surface area contributed by atoms with Crippen LogP contribution in [0.3, 0.4) is 0 Å². The molecule has 1 unspecified atom stereocenters. The van der Waals surface area contributed by atoms with Crippen LogP contribution >= 0.6 is 0 Å². The minimum absolute atomic E-state index is 0.134. The molecule has 0 radical (unpaired) electrons. The number of ether oxygens (including phenoxy) is 4. The van der Waals surface area contributed by atoms with Crippen LogP contribution in [0.2, 0.25) is 0 Å². The van der Waals surface area contributed by atoms with E-state index >= 15 is 0 Å². The molecule has 3 heterocycles. The van der Waals surface area contributed by atoms with Gasteiger partial charge in [-0.05, 0) is 58.2 Å². The van der Waals surface area contributed by atoms with Gasteiger partial charge in [0.25, 0.3) is 5.56 Å². The molecule has 5 aromatic rings. The first-order valence-corrected chi connectivity index (χ1v) is 14.6. The zero-order valence-corrected chi connectivity index (χ0v) is 25.3. The normalized spacial score (nSPS) is 13.1. The van der Waals surface area contributed by atoms with Crippen molar-refractivity contribution in [3.63, 3.8) is 0 Å². The summed E-state index contributed by atoms with van der Waals surface area (Å²) in [5.41, 5.74) is 3.37. The van der Waals surface area contributed by atoms with E-state index in [9.17, 15) is 4.79 Å². The monoisotopic (exact) mass is 596 g/mol. The van der Waals surface area contributed by atoms with Gasteiger partial charge < -0.3 is 23.9 Å². The van der Waals surface area contributed by atoms with Crippen LogP contribution in [-0.2, 0) is 19.5 Å². The minimum atomic E-state index is -0.180. The number of nitrogens with zero attached hydrogens (tertiary/aromatic N) is 5. The fourth-order valence-corrected chi connectivity index (χ4v) is 5.78. The number of hydrogen-bond acceptors (Lipinski definition) is 9. The lowest BCUT2D eigenvalue weighted by atomic mass is 9.99. The molecule has 0 fully saturated rings. The van der Waals surface area contributed by atoms with Crippen LogP contribution in [0.15, 0.2) is 71.5 Å². The molecule has 1 atom stereocenters. The number of rotatable bonds is 12. The molecular formula is C33H36N6O5. The highest BCUT2D eigenvalue weighted by molar-refractivity contribution is 5.83. The van der Waals surface area contributed by atoms with Gasteiger partial charge in [0.1, 0.15) is 0 Å². The third-order valence-corrected chi connectivity index (χ3v) is 7.95. The fourth-order valence-electron chi connectivity index (χ4n) is 5.78. The van der Waals surface area contributed by atoms with Gasteiger partial charge in [-0.1, -0.05) is 50.2 Å². The molecule has 2 aromatic heterocycles. The van der Waals surface area contributed by atoms with Crippen molar-refractivity contribution in [1.29, 1.82) is 0 Å². The van der Waals surface area contributed by atoms with E-state index in [-0.39, 0.29) is 24.3 Å². The van der Waals surface area contributed by atoms with Gasteiger partial charge in [-0.25, -0.2) is 4.68 Å². The molecule has 11 nitrogen and oxygen atoms in total. The topological polar surface area (TPSA) is 117 Å². The van der Waals surface area contributed by atoms with Crippen molar-refractivity contribution in [2.24, 2.45) is 5.92 Å². The maximum Gasteiger partial charge on any atom is 0.252 e. The molecule has 0 saturated carbocycles. The Balaban J connectivity index is 1.36. The first-order valence-electron chi connectivity index (χ1n) is 14.6. The molecule has 1 N–H and O–H groups in total. The van der Waals surface area contributed by atoms with Gasteiger partial charge in [0, 0.05) is 30.1 Å². The highest BCUT2D eigenvalue weighted by Crippen LogP contribution is 2.36. The number of nitrogens with one attached hydrogen (secondary N) is 1. The summed E-state index contributed by atoms with van der Waals surface area (Å²) >= 11 is 0. The van der Waals surface area contributed by atoms with Crippen molar-refractivity contribution in [2.45, 2.75) is 39.4 Å². The summed E-state index contributed by atoms with van der Waals surface area (Å²) in [5, 5.41) is 13.8. The lowest BCUT2D eigenvalue weighted by Gasteiger charge is -2.33. The van der Waals surface area contributed by atoms with Crippen LogP contribution in [0.4, 0.5) is 0 Å². The number of fused-ring (bicyclic) bond motifs is 2. The van der Waals surface area contributed by atoms with Gasteiger partial charge in [0.15, 0.2) is 28.8 Å². The van der Waals surface area contributed by atoms with E-state index in [4.69, 9.17) is 18.9 Å². The number of aromatic amines is 1. The van der Waals surface area contributed by atoms with Crippen molar-refractivity contribution in [1.82, 2.24) is 30.1 Å². The molecule has 3 aromatic carbocycles. The van der Waals surface area contributed by atoms with E-state index in [2.05, 4.69) is 51.4 Å². The van der Waals surface area contributed by atoms with Gasteiger partial charge in [0.05, 0.1) is 32.3 Å². The second-order valence-electron chi connectivity index (χ2n) is 11.2. The van der Waals surface area contributed by atoms with E-state index in [0.717, 1.165) is 22.3 Å². The van der Waals surface area contributed by atoms with Crippen LogP contribution in [0, 0.1) is 5.92 Å². The first-order chi connectivity index (χ1) is 21.4. The second-order valence-corrected chi connectivity index (χ2v) is 11.2. The number of aromatic nitrogens is 5. The Hall–Kier alpha value is -4.90. The summed E-state index contributed by atoms with van der Waals surface area (Å²) in [4.78, 5) is 18.8. The Labute approximate surface area is 255 Å².